The third-order valence-corrected chi connectivity index (χ3v) is 2.49. The van der Waals surface area contributed by atoms with E-state index in [4.69, 9.17) is 4.74 Å². The summed E-state index contributed by atoms with van der Waals surface area (Å²) in [4.78, 5) is 24.6. The summed E-state index contributed by atoms with van der Waals surface area (Å²) in [5.74, 6) is -0.532. The first-order valence-corrected chi connectivity index (χ1v) is 4.45. The van der Waals surface area contributed by atoms with Crippen LogP contribution in [-0.2, 0) is 14.3 Å². The molecule has 4 heteroatoms. The van der Waals surface area contributed by atoms with Crippen LogP contribution >= 0.6 is 0 Å². The molecule has 0 spiro atoms. The third-order valence-electron chi connectivity index (χ3n) is 2.49. The molecular formula is C9H15NO3. The van der Waals surface area contributed by atoms with Crippen LogP contribution in [0.4, 0.5) is 0 Å². The Morgan fingerprint density at radius 2 is 2.31 bits per heavy atom. The molecule has 1 rings (SSSR count). The van der Waals surface area contributed by atoms with Crippen LogP contribution in [0.1, 0.15) is 20.3 Å². The third kappa shape index (κ3) is 1.53. The molecule has 1 saturated heterocycles. The van der Waals surface area contributed by atoms with Crippen molar-refractivity contribution in [2.75, 3.05) is 20.2 Å². The van der Waals surface area contributed by atoms with Crippen LogP contribution in [0.3, 0.4) is 0 Å². The van der Waals surface area contributed by atoms with Crippen LogP contribution in [-0.4, -0.2) is 37.0 Å². The van der Waals surface area contributed by atoms with Crippen molar-refractivity contribution in [2.45, 2.75) is 20.3 Å². The topological polar surface area (TPSA) is 46.6 Å². The van der Waals surface area contributed by atoms with E-state index in [0.717, 1.165) is 0 Å². The molecule has 4 nitrogen and oxygen atoms in total. The number of carbonyl (C=O) groups is 2. The van der Waals surface area contributed by atoms with Gasteiger partial charge in [0.15, 0.2) is 0 Å². The summed E-state index contributed by atoms with van der Waals surface area (Å²) in [5.41, 5.74) is -0.940. The van der Waals surface area contributed by atoms with E-state index in [1.54, 1.807) is 25.8 Å². The molecule has 0 saturated carbocycles. The highest BCUT2D eigenvalue weighted by molar-refractivity contribution is 6.03. The molecule has 0 aromatic heterocycles. The zero-order valence-corrected chi connectivity index (χ0v) is 8.29. The van der Waals surface area contributed by atoms with Crippen LogP contribution in [0.15, 0.2) is 0 Å². The second-order valence-electron chi connectivity index (χ2n) is 3.53. The van der Waals surface area contributed by atoms with Crippen molar-refractivity contribution in [3.05, 3.63) is 0 Å². The molecular weight excluding hydrogens is 170 g/mol. The van der Waals surface area contributed by atoms with Gasteiger partial charge in [0.2, 0.25) is 5.91 Å². The number of hydrogen-bond donors (Lipinski definition) is 0. The second-order valence-corrected chi connectivity index (χ2v) is 3.53. The molecule has 0 unspecified atom stereocenters. The lowest BCUT2D eigenvalue weighted by Gasteiger charge is -2.19. The van der Waals surface area contributed by atoms with E-state index >= 15 is 0 Å². The zero-order valence-electron chi connectivity index (χ0n) is 8.29. The number of carbonyl (C=O) groups excluding carboxylic acids is 2. The monoisotopic (exact) mass is 185 g/mol. The van der Waals surface area contributed by atoms with Crippen molar-refractivity contribution >= 4 is 11.9 Å². The van der Waals surface area contributed by atoms with Gasteiger partial charge in [-0.3, -0.25) is 9.59 Å². The zero-order chi connectivity index (χ0) is 10.1. The van der Waals surface area contributed by atoms with Crippen LogP contribution in [0.5, 0.6) is 0 Å². The Balaban J connectivity index is 2.77. The van der Waals surface area contributed by atoms with E-state index in [-0.39, 0.29) is 5.91 Å². The van der Waals surface area contributed by atoms with Gasteiger partial charge in [-0.2, -0.15) is 0 Å². The number of likely N-dealkylation sites (tertiary alicyclic amines) is 1. The molecule has 13 heavy (non-hydrogen) atoms. The lowest BCUT2D eigenvalue weighted by atomic mass is 9.89. The molecule has 0 N–H and O–H groups in total. The summed E-state index contributed by atoms with van der Waals surface area (Å²) in [6.07, 6.45) is 0.557. The Bertz CT molecular complexity index is 239. The summed E-state index contributed by atoms with van der Waals surface area (Å²) >= 11 is 0. The van der Waals surface area contributed by atoms with Gasteiger partial charge in [0.1, 0.15) is 5.41 Å². The van der Waals surface area contributed by atoms with Crippen LogP contribution in [0, 0.1) is 5.41 Å². The Morgan fingerprint density at radius 3 is 2.69 bits per heavy atom. The number of esters is 1. The fourth-order valence-electron chi connectivity index (χ4n) is 1.50. The van der Waals surface area contributed by atoms with Gasteiger partial charge in [-0.15, -0.1) is 0 Å². The number of nitrogens with zero attached hydrogens (tertiary/aromatic N) is 1. The van der Waals surface area contributed by atoms with Gasteiger partial charge in [-0.1, -0.05) is 0 Å². The number of rotatable bonds is 2. The molecule has 0 radical (unpaired) electrons. The number of hydrogen-bond acceptors (Lipinski definition) is 3. The normalized spacial score (nSPS) is 27.9. The van der Waals surface area contributed by atoms with Crippen LogP contribution in [0.2, 0.25) is 0 Å². The standard InChI is InChI=1S/C9H15NO3/c1-4-13-8(12)9(2)5-6-10(3)7(9)11/h4-6H2,1-3H3/t9-/m1/s1. The summed E-state index contributed by atoms with van der Waals surface area (Å²) in [7, 11) is 1.70. The molecule has 1 aliphatic heterocycles. The molecule has 74 valence electrons. The van der Waals surface area contributed by atoms with E-state index < -0.39 is 11.4 Å². The highest BCUT2D eigenvalue weighted by Crippen LogP contribution is 2.31. The van der Waals surface area contributed by atoms with Gasteiger partial charge in [-0.05, 0) is 20.3 Å². The van der Waals surface area contributed by atoms with Crippen molar-refractivity contribution in [2.24, 2.45) is 5.41 Å². The lowest BCUT2D eigenvalue weighted by Crippen LogP contribution is -2.38. The van der Waals surface area contributed by atoms with Gasteiger partial charge in [0, 0.05) is 13.6 Å². The highest BCUT2D eigenvalue weighted by atomic mass is 16.5. The average Bonchev–Trinajstić information content (AvgIpc) is 2.35. The first-order valence-electron chi connectivity index (χ1n) is 4.45. The first-order chi connectivity index (χ1) is 6.02. The maximum absolute atomic E-state index is 11.6. The minimum atomic E-state index is -0.940. The molecule has 1 fully saturated rings. The molecule has 1 atom stereocenters. The highest BCUT2D eigenvalue weighted by Gasteiger charge is 2.48. The maximum Gasteiger partial charge on any atom is 0.321 e. The largest absolute Gasteiger partial charge is 0.465 e. The quantitative estimate of drug-likeness (QED) is 0.462. The molecule has 0 aromatic carbocycles. The molecule has 0 bridgehead atoms. The van der Waals surface area contributed by atoms with Crippen molar-refractivity contribution in [1.29, 1.82) is 0 Å². The summed E-state index contributed by atoms with van der Waals surface area (Å²) in [5, 5.41) is 0. The fraction of sp³-hybridized carbons (Fsp3) is 0.778. The smallest absolute Gasteiger partial charge is 0.321 e. The molecule has 0 aromatic rings. The Kier molecular flexibility index (Phi) is 2.59. The molecule has 1 heterocycles. The summed E-state index contributed by atoms with van der Waals surface area (Å²) in [6.45, 7) is 4.35. The minimum Gasteiger partial charge on any atom is -0.465 e. The first kappa shape index (κ1) is 10.0. The summed E-state index contributed by atoms with van der Waals surface area (Å²) < 4.78 is 4.86. The van der Waals surface area contributed by atoms with Crippen molar-refractivity contribution < 1.29 is 14.3 Å². The van der Waals surface area contributed by atoms with Gasteiger partial charge in [0.05, 0.1) is 6.61 Å². The van der Waals surface area contributed by atoms with Crippen molar-refractivity contribution in [3.63, 3.8) is 0 Å². The van der Waals surface area contributed by atoms with E-state index in [1.165, 1.54) is 0 Å². The predicted octanol–water partition coefficient (Wildman–Crippen LogP) is 0.418. The Morgan fingerprint density at radius 1 is 1.69 bits per heavy atom. The van der Waals surface area contributed by atoms with Gasteiger partial charge >= 0.3 is 5.97 Å². The average molecular weight is 185 g/mol. The molecule has 1 aliphatic rings. The van der Waals surface area contributed by atoms with Gasteiger partial charge in [-0.25, -0.2) is 0 Å². The SMILES string of the molecule is CCOC(=O)[C@]1(C)CCN(C)C1=O. The number of ether oxygens (including phenoxy) is 1. The van der Waals surface area contributed by atoms with E-state index in [1.807, 2.05) is 0 Å². The van der Waals surface area contributed by atoms with Crippen LogP contribution < -0.4 is 0 Å². The second kappa shape index (κ2) is 3.36. The number of amides is 1. The van der Waals surface area contributed by atoms with Crippen molar-refractivity contribution in [3.8, 4) is 0 Å². The van der Waals surface area contributed by atoms with E-state index in [2.05, 4.69) is 0 Å². The minimum absolute atomic E-state index is 0.133. The van der Waals surface area contributed by atoms with E-state index in [0.29, 0.717) is 19.6 Å². The van der Waals surface area contributed by atoms with Gasteiger partial charge in [0.25, 0.3) is 0 Å². The molecule has 0 aliphatic carbocycles. The van der Waals surface area contributed by atoms with Crippen LogP contribution in [0.25, 0.3) is 0 Å². The maximum atomic E-state index is 11.6. The van der Waals surface area contributed by atoms with Crippen molar-refractivity contribution in [1.82, 2.24) is 4.90 Å². The molecule has 1 amide bonds. The lowest BCUT2D eigenvalue weighted by molar-refractivity contribution is -0.159. The van der Waals surface area contributed by atoms with E-state index in [9.17, 15) is 9.59 Å². The summed E-state index contributed by atoms with van der Waals surface area (Å²) in [6, 6.07) is 0. The fourth-order valence-corrected chi connectivity index (χ4v) is 1.50. The van der Waals surface area contributed by atoms with Gasteiger partial charge < -0.3 is 9.64 Å². The predicted molar refractivity (Wildman–Crippen MR) is 47.0 cm³/mol. The Hall–Kier alpha value is -1.06. The Labute approximate surface area is 77.8 Å².